The molecule has 0 saturated heterocycles. The van der Waals surface area contributed by atoms with Crippen LogP contribution in [0.5, 0.6) is 0 Å². The summed E-state index contributed by atoms with van der Waals surface area (Å²) in [6.07, 6.45) is 3.66. The zero-order chi connectivity index (χ0) is 10.1. The predicted octanol–water partition coefficient (Wildman–Crippen LogP) is 2.05. The number of pyridine rings is 1. The molecule has 4 nitrogen and oxygen atoms in total. The Morgan fingerprint density at radius 3 is 2.86 bits per heavy atom. The van der Waals surface area contributed by atoms with Crippen molar-refractivity contribution in [3.63, 3.8) is 0 Å². The Labute approximate surface area is 82.9 Å². The Balaban J connectivity index is 2.69. The maximum absolute atomic E-state index is 4.33. The molecule has 0 radical (unpaired) electrons. The first kappa shape index (κ1) is 8.99. The first-order valence-electron chi connectivity index (χ1n) is 4.74. The van der Waals surface area contributed by atoms with Gasteiger partial charge in [-0.05, 0) is 19.9 Å². The molecule has 0 amide bonds. The van der Waals surface area contributed by atoms with Gasteiger partial charge >= 0.3 is 0 Å². The lowest BCUT2D eigenvalue weighted by molar-refractivity contribution is 0.546. The Hall–Kier alpha value is -1.58. The first-order valence-corrected chi connectivity index (χ1v) is 4.74. The Morgan fingerprint density at radius 1 is 1.43 bits per heavy atom. The summed E-state index contributed by atoms with van der Waals surface area (Å²) >= 11 is 0. The highest BCUT2D eigenvalue weighted by atomic mass is 15.3. The standard InChI is InChI=1S/C10H14N4/c1-7(2)14-10-8(6-13-14)9(11-3)4-5-12-10/h4-7H,1-3H3,(H,11,12). The van der Waals surface area contributed by atoms with Crippen molar-refractivity contribution in [3.05, 3.63) is 18.5 Å². The molecular weight excluding hydrogens is 176 g/mol. The smallest absolute Gasteiger partial charge is 0.160 e. The minimum atomic E-state index is 0.340. The van der Waals surface area contributed by atoms with Gasteiger partial charge in [-0.15, -0.1) is 0 Å². The molecule has 0 saturated carbocycles. The number of fused-ring (bicyclic) bond motifs is 1. The van der Waals surface area contributed by atoms with Gasteiger partial charge in [-0.1, -0.05) is 0 Å². The monoisotopic (exact) mass is 190 g/mol. The van der Waals surface area contributed by atoms with Gasteiger partial charge in [0.2, 0.25) is 0 Å². The Morgan fingerprint density at radius 2 is 2.21 bits per heavy atom. The zero-order valence-corrected chi connectivity index (χ0v) is 8.65. The fourth-order valence-electron chi connectivity index (χ4n) is 1.54. The van der Waals surface area contributed by atoms with Gasteiger partial charge in [-0.3, -0.25) is 0 Å². The first-order chi connectivity index (χ1) is 6.74. The number of aromatic nitrogens is 3. The van der Waals surface area contributed by atoms with Crippen molar-refractivity contribution in [3.8, 4) is 0 Å². The Kier molecular flexibility index (Phi) is 2.11. The van der Waals surface area contributed by atoms with Gasteiger partial charge in [0.1, 0.15) is 0 Å². The second kappa shape index (κ2) is 3.29. The van der Waals surface area contributed by atoms with E-state index in [2.05, 4.69) is 29.2 Å². The van der Waals surface area contributed by atoms with E-state index in [4.69, 9.17) is 0 Å². The summed E-state index contributed by atoms with van der Waals surface area (Å²) in [4.78, 5) is 4.33. The number of nitrogens with zero attached hydrogens (tertiary/aromatic N) is 3. The predicted molar refractivity (Wildman–Crippen MR) is 57.5 cm³/mol. The van der Waals surface area contributed by atoms with Crippen molar-refractivity contribution in [1.82, 2.24) is 14.8 Å². The maximum Gasteiger partial charge on any atom is 0.160 e. The molecule has 0 bridgehead atoms. The molecule has 2 aromatic rings. The van der Waals surface area contributed by atoms with Crippen molar-refractivity contribution < 1.29 is 0 Å². The van der Waals surface area contributed by atoms with Crippen LogP contribution in [0, 0.1) is 0 Å². The van der Waals surface area contributed by atoms with E-state index in [0.717, 1.165) is 16.7 Å². The van der Waals surface area contributed by atoms with Crippen molar-refractivity contribution >= 4 is 16.7 Å². The fourth-order valence-corrected chi connectivity index (χ4v) is 1.54. The van der Waals surface area contributed by atoms with E-state index in [0.29, 0.717) is 6.04 Å². The van der Waals surface area contributed by atoms with E-state index in [9.17, 15) is 0 Å². The molecule has 0 spiro atoms. The molecule has 0 aromatic carbocycles. The summed E-state index contributed by atoms with van der Waals surface area (Å²) in [6.45, 7) is 4.19. The molecule has 4 heteroatoms. The molecule has 0 fully saturated rings. The van der Waals surface area contributed by atoms with Crippen molar-refractivity contribution in [2.45, 2.75) is 19.9 Å². The largest absolute Gasteiger partial charge is 0.387 e. The van der Waals surface area contributed by atoms with Crippen LogP contribution in [0.1, 0.15) is 19.9 Å². The lowest BCUT2D eigenvalue weighted by Gasteiger charge is -2.06. The van der Waals surface area contributed by atoms with E-state index in [1.165, 1.54) is 0 Å². The van der Waals surface area contributed by atoms with Crippen LogP contribution in [0.25, 0.3) is 11.0 Å². The molecular formula is C10H14N4. The highest BCUT2D eigenvalue weighted by molar-refractivity contribution is 5.88. The van der Waals surface area contributed by atoms with Gasteiger partial charge in [0.25, 0.3) is 0 Å². The van der Waals surface area contributed by atoms with Gasteiger partial charge in [-0.2, -0.15) is 5.10 Å². The van der Waals surface area contributed by atoms with Crippen LogP contribution in [-0.2, 0) is 0 Å². The normalized spacial score (nSPS) is 11.1. The molecule has 0 aliphatic rings. The average Bonchev–Trinajstić information content (AvgIpc) is 2.60. The number of hydrogen-bond acceptors (Lipinski definition) is 3. The van der Waals surface area contributed by atoms with Crippen LogP contribution >= 0.6 is 0 Å². The molecule has 0 aliphatic heterocycles. The molecule has 2 aromatic heterocycles. The lowest BCUT2D eigenvalue weighted by Crippen LogP contribution is -2.03. The quantitative estimate of drug-likeness (QED) is 0.788. The summed E-state index contributed by atoms with van der Waals surface area (Å²) in [6, 6.07) is 2.29. The summed E-state index contributed by atoms with van der Waals surface area (Å²) < 4.78 is 1.93. The van der Waals surface area contributed by atoms with Gasteiger partial charge in [-0.25, -0.2) is 9.67 Å². The highest BCUT2D eigenvalue weighted by Gasteiger charge is 2.08. The topological polar surface area (TPSA) is 42.7 Å². The van der Waals surface area contributed by atoms with Crippen LogP contribution < -0.4 is 5.32 Å². The maximum atomic E-state index is 4.33. The minimum absolute atomic E-state index is 0.340. The van der Waals surface area contributed by atoms with Gasteiger partial charge < -0.3 is 5.32 Å². The molecule has 2 rings (SSSR count). The van der Waals surface area contributed by atoms with Crippen LogP contribution in [0.15, 0.2) is 18.5 Å². The molecule has 14 heavy (non-hydrogen) atoms. The van der Waals surface area contributed by atoms with Gasteiger partial charge in [0.15, 0.2) is 5.65 Å². The third-order valence-corrected chi connectivity index (χ3v) is 2.26. The lowest BCUT2D eigenvalue weighted by atomic mass is 10.3. The minimum Gasteiger partial charge on any atom is -0.387 e. The van der Waals surface area contributed by atoms with E-state index in [1.807, 2.05) is 24.0 Å². The molecule has 74 valence electrons. The van der Waals surface area contributed by atoms with E-state index >= 15 is 0 Å². The van der Waals surface area contributed by atoms with Gasteiger partial charge in [0, 0.05) is 25.0 Å². The fraction of sp³-hybridized carbons (Fsp3) is 0.400. The summed E-state index contributed by atoms with van der Waals surface area (Å²) in [5, 5.41) is 8.52. The van der Waals surface area contributed by atoms with Crippen molar-refractivity contribution in [2.24, 2.45) is 0 Å². The molecule has 0 unspecified atom stereocenters. The Bertz CT molecular complexity index is 444. The number of rotatable bonds is 2. The van der Waals surface area contributed by atoms with Gasteiger partial charge in [0.05, 0.1) is 11.6 Å². The highest BCUT2D eigenvalue weighted by Crippen LogP contribution is 2.22. The third-order valence-electron chi connectivity index (χ3n) is 2.26. The van der Waals surface area contributed by atoms with Crippen LogP contribution in [0.3, 0.4) is 0 Å². The second-order valence-electron chi connectivity index (χ2n) is 3.53. The zero-order valence-electron chi connectivity index (χ0n) is 8.65. The van der Waals surface area contributed by atoms with E-state index in [-0.39, 0.29) is 0 Å². The third kappa shape index (κ3) is 1.23. The number of nitrogens with one attached hydrogen (secondary N) is 1. The molecule has 2 heterocycles. The van der Waals surface area contributed by atoms with Crippen LogP contribution in [0.2, 0.25) is 0 Å². The summed E-state index contributed by atoms with van der Waals surface area (Å²) in [5.74, 6) is 0. The SMILES string of the molecule is CNc1ccnc2c1cnn2C(C)C. The molecule has 0 atom stereocenters. The molecule has 0 aliphatic carbocycles. The summed E-state index contributed by atoms with van der Waals surface area (Å²) in [5.41, 5.74) is 2.01. The van der Waals surface area contributed by atoms with E-state index < -0.39 is 0 Å². The average molecular weight is 190 g/mol. The number of hydrogen-bond donors (Lipinski definition) is 1. The second-order valence-corrected chi connectivity index (χ2v) is 3.53. The number of anilines is 1. The van der Waals surface area contributed by atoms with Crippen LogP contribution in [-0.4, -0.2) is 21.8 Å². The van der Waals surface area contributed by atoms with Crippen LogP contribution in [0.4, 0.5) is 5.69 Å². The molecule has 1 N–H and O–H groups in total. The summed E-state index contributed by atoms with van der Waals surface area (Å²) in [7, 11) is 1.90. The van der Waals surface area contributed by atoms with E-state index in [1.54, 1.807) is 6.20 Å². The van der Waals surface area contributed by atoms with Crippen molar-refractivity contribution in [2.75, 3.05) is 12.4 Å². The van der Waals surface area contributed by atoms with Crippen molar-refractivity contribution in [1.29, 1.82) is 0 Å².